The number of rotatable bonds is 4. The highest BCUT2D eigenvalue weighted by Crippen LogP contribution is 2.22. The van der Waals surface area contributed by atoms with Crippen molar-refractivity contribution in [3.63, 3.8) is 0 Å². The Labute approximate surface area is 86.3 Å². The molecular weight excluding hydrogens is 207 g/mol. The van der Waals surface area contributed by atoms with Crippen molar-refractivity contribution in [3.05, 3.63) is 18.2 Å². The van der Waals surface area contributed by atoms with Crippen molar-refractivity contribution in [2.45, 2.75) is 32.1 Å². The second-order valence-corrected chi connectivity index (χ2v) is 3.22. The second-order valence-electron chi connectivity index (χ2n) is 3.22. The normalized spacial score (nSPS) is 14.2. The number of aromatic nitrogens is 2. The molecule has 0 aromatic carbocycles. The molecule has 6 heteroatoms. The molecule has 0 radical (unpaired) electrons. The molecule has 0 spiro atoms. The maximum Gasteiger partial charge on any atom is 0.404 e. The van der Waals surface area contributed by atoms with Crippen LogP contribution in [0, 0.1) is 0 Å². The predicted octanol–water partition coefficient (Wildman–Crippen LogP) is 1.60. The number of hydrogen-bond acceptors (Lipinski definition) is 2. The van der Waals surface area contributed by atoms with E-state index in [2.05, 4.69) is 10.3 Å². The molecule has 86 valence electrons. The Bertz CT molecular complexity index is 306. The first-order valence-electron chi connectivity index (χ1n) is 4.73. The molecule has 0 fully saturated rings. The van der Waals surface area contributed by atoms with Gasteiger partial charge in [0.05, 0.1) is 0 Å². The van der Waals surface area contributed by atoms with E-state index >= 15 is 0 Å². The molecule has 0 amide bonds. The van der Waals surface area contributed by atoms with Crippen LogP contribution in [0.2, 0.25) is 0 Å². The molecular formula is C9H14F3N3. The van der Waals surface area contributed by atoms with Crippen molar-refractivity contribution in [2.24, 2.45) is 0 Å². The summed E-state index contributed by atoms with van der Waals surface area (Å²) in [6.45, 7) is 2.50. The third-order valence-electron chi connectivity index (χ3n) is 2.27. The summed E-state index contributed by atoms with van der Waals surface area (Å²) in [7, 11) is 1.30. The zero-order chi connectivity index (χ0) is 11.5. The lowest BCUT2D eigenvalue weighted by atomic mass is 10.2. The summed E-state index contributed by atoms with van der Waals surface area (Å²) in [6.07, 6.45) is -1.18. The van der Waals surface area contributed by atoms with Crippen molar-refractivity contribution in [1.29, 1.82) is 0 Å². The fourth-order valence-corrected chi connectivity index (χ4v) is 1.38. The van der Waals surface area contributed by atoms with E-state index in [1.165, 1.54) is 13.2 Å². The molecule has 0 saturated heterocycles. The van der Waals surface area contributed by atoms with Gasteiger partial charge in [0.2, 0.25) is 0 Å². The molecule has 1 unspecified atom stereocenters. The fraction of sp³-hybridized carbons (Fsp3) is 0.667. The van der Waals surface area contributed by atoms with E-state index in [1.807, 2.05) is 6.92 Å². The number of aryl methyl sites for hydroxylation is 1. The Kier molecular flexibility index (Phi) is 3.73. The van der Waals surface area contributed by atoms with E-state index in [0.29, 0.717) is 12.4 Å². The van der Waals surface area contributed by atoms with Gasteiger partial charge in [0.25, 0.3) is 0 Å². The van der Waals surface area contributed by atoms with Crippen LogP contribution in [0.25, 0.3) is 0 Å². The first-order chi connectivity index (χ1) is 6.99. The smallest absolute Gasteiger partial charge is 0.335 e. The van der Waals surface area contributed by atoms with Crippen LogP contribution in [0.3, 0.4) is 0 Å². The molecule has 0 aliphatic heterocycles. The first kappa shape index (κ1) is 12.0. The van der Waals surface area contributed by atoms with Crippen molar-refractivity contribution < 1.29 is 13.2 Å². The van der Waals surface area contributed by atoms with Crippen molar-refractivity contribution in [2.75, 3.05) is 7.05 Å². The van der Waals surface area contributed by atoms with Gasteiger partial charge in [-0.2, -0.15) is 13.2 Å². The standard InChI is InChI=1S/C9H14F3N3/c1-3-15-5-4-14-8(15)6-7(13-2)9(10,11)12/h4-5,7,13H,3,6H2,1-2H3. The summed E-state index contributed by atoms with van der Waals surface area (Å²) in [5, 5.41) is 2.25. The Morgan fingerprint density at radius 1 is 1.53 bits per heavy atom. The largest absolute Gasteiger partial charge is 0.404 e. The van der Waals surface area contributed by atoms with Gasteiger partial charge in [0, 0.05) is 25.4 Å². The first-order valence-corrected chi connectivity index (χ1v) is 4.73. The molecule has 1 aromatic heterocycles. The maximum absolute atomic E-state index is 12.4. The van der Waals surface area contributed by atoms with Gasteiger partial charge in [-0.3, -0.25) is 0 Å². The number of alkyl halides is 3. The van der Waals surface area contributed by atoms with Gasteiger partial charge >= 0.3 is 6.18 Å². The lowest BCUT2D eigenvalue weighted by Gasteiger charge is -2.19. The highest BCUT2D eigenvalue weighted by molar-refractivity contribution is 4.97. The molecule has 0 saturated carbocycles. The molecule has 0 bridgehead atoms. The minimum Gasteiger partial charge on any atom is -0.335 e. The van der Waals surface area contributed by atoms with Crippen LogP contribution in [0.5, 0.6) is 0 Å². The number of nitrogens with zero attached hydrogens (tertiary/aromatic N) is 2. The minimum absolute atomic E-state index is 0.138. The van der Waals surface area contributed by atoms with Gasteiger partial charge in [-0.05, 0) is 14.0 Å². The number of nitrogens with one attached hydrogen (secondary N) is 1. The molecule has 15 heavy (non-hydrogen) atoms. The molecule has 1 rings (SSSR count). The lowest BCUT2D eigenvalue weighted by molar-refractivity contribution is -0.154. The number of halogens is 3. The van der Waals surface area contributed by atoms with Crippen LogP contribution in [0.15, 0.2) is 12.4 Å². The van der Waals surface area contributed by atoms with Gasteiger partial charge in [-0.1, -0.05) is 0 Å². The van der Waals surface area contributed by atoms with Crippen molar-refractivity contribution in [3.8, 4) is 0 Å². The van der Waals surface area contributed by atoms with Gasteiger partial charge in [-0.15, -0.1) is 0 Å². The van der Waals surface area contributed by atoms with Crippen LogP contribution in [0.4, 0.5) is 13.2 Å². The van der Waals surface area contributed by atoms with Gasteiger partial charge in [0.15, 0.2) is 0 Å². The average Bonchev–Trinajstić information content (AvgIpc) is 2.59. The van der Waals surface area contributed by atoms with E-state index in [-0.39, 0.29) is 6.42 Å². The van der Waals surface area contributed by atoms with Gasteiger partial charge in [-0.25, -0.2) is 4.98 Å². The summed E-state index contributed by atoms with van der Waals surface area (Å²) in [6, 6.07) is -1.54. The Hall–Kier alpha value is -1.04. The summed E-state index contributed by atoms with van der Waals surface area (Å²) in [4.78, 5) is 3.91. The molecule has 0 aliphatic carbocycles. The highest BCUT2D eigenvalue weighted by atomic mass is 19.4. The van der Waals surface area contributed by atoms with Crippen LogP contribution in [-0.2, 0) is 13.0 Å². The fourth-order valence-electron chi connectivity index (χ4n) is 1.38. The van der Waals surface area contributed by atoms with Crippen LogP contribution >= 0.6 is 0 Å². The monoisotopic (exact) mass is 221 g/mol. The Balaban J connectivity index is 2.75. The Morgan fingerprint density at radius 3 is 2.67 bits per heavy atom. The SMILES string of the molecule is CCn1ccnc1CC(NC)C(F)(F)F. The molecule has 1 aromatic rings. The van der Waals surface area contributed by atoms with E-state index < -0.39 is 12.2 Å². The summed E-state index contributed by atoms with van der Waals surface area (Å²) < 4.78 is 39.0. The summed E-state index contributed by atoms with van der Waals surface area (Å²) >= 11 is 0. The van der Waals surface area contributed by atoms with Crippen LogP contribution in [-0.4, -0.2) is 28.8 Å². The zero-order valence-corrected chi connectivity index (χ0v) is 8.67. The minimum atomic E-state index is -4.24. The highest BCUT2D eigenvalue weighted by Gasteiger charge is 2.39. The Morgan fingerprint density at radius 2 is 2.20 bits per heavy atom. The third kappa shape index (κ3) is 2.95. The van der Waals surface area contributed by atoms with E-state index in [0.717, 1.165) is 0 Å². The van der Waals surface area contributed by atoms with E-state index in [1.54, 1.807) is 10.8 Å². The van der Waals surface area contributed by atoms with Gasteiger partial charge < -0.3 is 9.88 Å². The molecule has 1 N–H and O–H groups in total. The van der Waals surface area contributed by atoms with Gasteiger partial charge in [0.1, 0.15) is 11.9 Å². The summed E-state index contributed by atoms with van der Waals surface area (Å²) in [5.41, 5.74) is 0. The predicted molar refractivity (Wildman–Crippen MR) is 50.5 cm³/mol. The number of imidazole rings is 1. The molecule has 0 aliphatic rings. The summed E-state index contributed by atoms with van der Waals surface area (Å²) in [5.74, 6) is 0.453. The van der Waals surface area contributed by atoms with Crippen molar-refractivity contribution >= 4 is 0 Å². The average molecular weight is 221 g/mol. The quantitative estimate of drug-likeness (QED) is 0.836. The molecule has 3 nitrogen and oxygen atoms in total. The second kappa shape index (κ2) is 4.65. The number of hydrogen-bond donors (Lipinski definition) is 1. The molecule has 1 heterocycles. The topological polar surface area (TPSA) is 29.9 Å². The maximum atomic E-state index is 12.4. The van der Waals surface area contributed by atoms with Crippen molar-refractivity contribution in [1.82, 2.24) is 14.9 Å². The zero-order valence-electron chi connectivity index (χ0n) is 8.67. The van der Waals surface area contributed by atoms with Crippen LogP contribution < -0.4 is 5.32 Å². The number of likely N-dealkylation sites (N-methyl/N-ethyl adjacent to an activating group) is 1. The molecule has 1 atom stereocenters. The van der Waals surface area contributed by atoms with E-state index in [4.69, 9.17) is 0 Å². The third-order valence-corrected chi connectivity index (χ3v) is 2.27. The van der Waals surface area contributed by atoms with Crippen LogP contribution in [0.1, 0.15) is 12.7 Å². The van der Waals surface area contributed by atoms with E-state index in [9.17, 15) is 13.2 Å². The lowest BCUT2D eigenvalue weighted by Crippen LogP contribution is -2.42.